The quantitative estimate of drug-likeness (QED) is 0.104. The highest BCUT2D eigenvalue weighted by molar-refractivity contribution is 7.23. The van der Waals surface area contributed by atoms with Gasteiger partial charge in [0.25, 0.3) is 0 Å². The number of halogens is 5. The summed E-state index contributed by atoms with van der Waals surface area (Å²) < 4.78 is 381. The molecular weight excluding hydrogens is 1170 g/mol. The molecule has 0 spiro atoms. The fourth-order valence-corrected chi connectivity index (χ4v) is 9.89. The summed E-state index contributed by atoms with van der Waals surface area (Å²) in [5, 5.41) is 26.0. The average molecular weight is 1270 g/mol. The second kappa shape index (κ2) is 27.3. The predicted molar refractivity (Wildman–Crippen MR) is 331 cm³/mol. The van der Waals surface area contributed by atoms with Gasteiger partial charge in [0.05, 0.1) is 60.2 Å². The number of anilines is 3. The molecule has 6 aromatic heterocycles. The lowest BCUT2D eigenvalue weighted by Crippen LogP contribution is -2.38. The third-order valence-corrected chi connectivity index (χ3v) is 14.0. The van der Waals surface area contributed by atoms with Crippen LogP contribution in [0.25, 0.3) is 30.6 Å². The van der Waals surface area contributed by atoms with Crippen LogP contribution in [0.5, 0.6) is 0 Å². The van der Waals surface area contributed by atoms with Crippen molar-refractivity contribution in [2.45, 2.75) is 96.6 Å². The van der Waals surface area contributed by atoms with Crippen LogP contribution in [0.15, 0.2) is 79.5 Å². The van der Waals surface area contributed by atoms with Gasteiger partial charge < -0.3 is 15.9 Å². The van der Waals surface area contributed by atoms with Crippen LogP contribution < -0.4 is 15.9 Å². The zero-order valence-electron chi connectivity index (χ0n) is 82.9. The van der Waals surface area contributed by atoms with Crippen LogP contribution in [0.1, 0.15) is 140 Å². The molecule has 0 radical (unpaired) electrons. The Kier molecular flexibility index (Phi) is 8.92. The Balaban J connectivity index is 0.000000195. The van der Waals surface area contributed by atoms with Gasteiger partial charge in [-0.3, -0.25) is 14.7 Å². The number of nitrogens with zero attached hydrogens (tertiary/aromatic N) is 12. The smallest absolute Gasteiger partial charge is 0.162 e. The summed E-state index contributed by atoms with van der Waals surface area (Å²) in [5.74, 6) is -4.60. The molecule has 1 unspecified atom stereocenters. The molecule has 0 bridgehead atoms. The Bertz CT molecular complexity index is 5920. The van der Waals surface area contributed by atoms with Crippen molar-refractivity contribution in [2.24, 2.45) is 0 Å². The van der Waals surface area contributed by atoms with Crippen molar-refractivity contribution in [1.82, 2.24) is 44.6 Å². The minimum absolute atomic E-state index is 0.0395. The highest BCUT2D eigenvalue weighted by atomic mass is 35.5. The van der Waals surface area contributed by atoms with E-state index in [-0.39, 0.29) is 86.3 Å². The van der Waals surface area contributed by atoms with Gasteiger partial charge in [0.2, 0.25) is 0 Å². The van der Waals surface area contributed by atoms with Crippen molar-refractivity contribution in [2.75, 3.05) is 54.9 Å². The fraction of sp³-hybridized carbons (Fsp3) is 0.350. The first-order chi connectivity index (χ1) is 56.1. The van der Waals surface area contributed by atoms with E-state index >= 15 is 0 Å². The summed E-state index contributed by atoms with van der Waals surface area (Å²) >= 11 is 20.0. The lowest BCUT2D eigenvalue weighted by Gasteiger charge is -2.32. The van der Waals surface area contributed by atoms with E-state index in [0.29, 0.717) is 45.6 Å². The minimum Gasteiger partial charge on any atom is -0.367 e. The van der Waals surface area contributed by atoms with Crippen molar-refractivity contribution >= 4 is 117 Å². The molecule has 15 nitrogen and oxygen atoms in total. The number of likely N-dealkylation sites (tertiary alicyclic amines) is 3. The summed E-state index contributed by atoms with van der Waals surface area (Å²) in [4.78, 5) is 21.0. The van der Waals surface area contributed by atoms with E-state index in [1.807, 2.05) is 6.07 Å². The minimum atomic E-state index is -4.00. The number of rotatable bonds is 12. The first-order valence-corrected chi connectivity index (χ1v) is 26.6. The van der Waals surface area contributed by atoms with Crippen molar-refractivity contribution in [3.63, 3.8) is 0 Å². The summed E-state index contributed by atoms with van der Waals surface area (Å²) in [6, 6.07) is -1.47. The van der Waals surface area contributed by atoms with Gasteiger partial charge in [-0.05, 0) is 129 Å². The number of hydrogen-bond donors (Lipinski definition) is 3. The maximum Gasteiger partial charge on any atom is 0.162 e. The second-order valence-corrected chi connectivity index (χ2v) is 21.2. The Morgan fingerprint density at radius 3 is 1.33 bits per heavy atom. The topological polar surface area (TPSA) is 195 Å². The van der Waals surface area contributed by atoms with Gasteiger partial charge in [-0.15, -0.1) is 34.0 Å². The molecular formula is C60H58Cl3F2N15S3. The SMILES string of the molecule is [2H]c1nc(N([2H])C2([2H])C([2H])([2H])C([2H])([2H])N(C([2H])([2H])c3cc(C)c(F)c(C#N)c3)C([2H])([2H])C2([2H])[2H])c2c([2H])c(Cl)sc2n1.[2H]c1nc(N([2H])C2([2H])C([2H])([2H])C([2H])([2H])N(C([2H])([2H])c3ccc(C)c(C#N)c3)C([2H])([2H])C2([2H])[2H])c2c([2H])c(Cl)sc2n1.[2H]c1nc(N([2H])C2([2H])C([2H])([2H])C([2H])([2H])N(C([2H])c3cc(C)c(F)c(C#N)c3)C([2H])([2H])C2([2H])[2H])c2c([2H])c(Cl)sc2n1. The molecule has 12 rings (SSSR count). The number of aromatic nitrogens is 6. The van der Waals surface area contributed by atoms with Gasteiger partial charge in [0, 0.05) is 116 Å². The van der Waals surface area contributed by atoms with Crippen LogP contribution in [0.3, 0.4) is 0 Å². The molecule has 3 aromatic carbocycles. The van der Waals surface area contributed by atoms with Crippen LogP contribution in [0, 0.1) is 66.4 Å². The molecule has 83 heavy (non-hydrogen) atoms. The number of aryl methyl sites for hydroxylation is 3. The van der Waals surface area contributed by atoms with Crippen molar-refractivity contribution in [3.05, 3.63) is 154 Å². The van der Waals surface area contributed by atoms with Crippen LogP contribution in [0.2, 0.25) is 17.2 Å². The first-order valence-electron chi connectivity index (χ1n) is 43.4. The molecule has 0 saturated carbocycles. The second-order valence-electron chi connectivity index (χ2n) is 16.4. The molecule has 3 saturated heterocycles. The normalized spacial score (nSPS) is 32.0. The maximum atomic E-state index is 14.4. The Hall–Kier alpha value is -6.74. The molecule has 1 atom stereocenters. The number of hydrogen-bond acceptors (Lipinski definition) is 18. The summed E-state index contributed by atoms with van der Waals surface area (Å²) in [5.41, 5.74) is -2.87. The van der Waals surface area contributed by atoms with E-state index < -0.39 is 213 Å². The first kappa shape index (κ1) is 27.1. The van der Waals surface area contributed by atoms with Crippen LogP contribution in [-0.4, -0.2) is 102 Å². The van der Waals surface area contributed by atoms with Gasteiger partial charge in [0.1, 0.15) is 78.7 Å². The summed E-state index contributed by atoms with van der Waals surface area (Å²) in [6.45, 7) is -28.2. The van der Waals surface area contributed by atoms with Crippen molar-refractivity contribution in [1.29, 1.82) is 15.8 Å². The third-order valence-electron chi connectivity index (χ3n) is 10.7. The molecule has 23 heteroatoms. The van der Waals surface area contributed by atoms with Gasteiger partial charge in [-0.25, -0.2) is 38.7 Å². The van der Waals surface area contributed by atoms with Crippen molar-refractivity contribution in [3.8, 4) is 18.2 Å². The zero-order chi connectivity index (χ0) is 94.7. The molecule has 0 amide bonds. The molecule has 9 aromatic rings. The molecule has 3 fully saturated rings. The van der Waals surface area contributed by atoms with Crippen LogP contribution in [-0.2, 0) is 19.5 Å². The zero-order valence-corrected chi connectivity index (χ0v) is 46.7. The number of fused-ring (bicyclic) bond motifs is 3. The Morgan fingerprint density at radius 2 is 0.916 bits per heavy atom. The lowest BCUT2D eigenvalue weighted by molar-refractivity contribution is 0.211. The van der Waals surface area contributed by atoms with E-state index in [4.69, 9.17) is 91.1 Å². The highest BCUT2D eigenvalue weighted by Crippen LogP contribution is 2.35. The number of benzene rings is 3. The van der Waals surface area contributed by atoms with E-state index in [0.717, 1.165) is 37.3 Å². The number of nitrogens with one attached hydrogen (secondary N) is 3. The lowest BCUT2D eigenvalue weighted by atomic mass is 10.0. The molecule has 3 aliphatic rings. The van der Waals surface area contributed by atoms with Gasteiger partial charge in [0.15, 0.2) is 4.24 Å². The molecule has 3 N–H and O–H groups in total. The Labute approximate surface area is 565 Å². The molecule has 3 aliphatic heterocycles. The maximum absolute atomic E-state index is 14.4. The third kappa shape index (κ3) is 15.0. The highest BCUT2D eigenvalue weighted by Gasteiger charge is 2.25. The monoisotopic (exact) mass is 1270 g/mol. The number of piperidine rings is 3. The van der Waals surface area contributed by atoms with Gasteiger partial charge in [-0.2, -0.15) is 15.8 Å². The molecule has 0 aliphatic carbocycles. The largest absolute Gasteiger partial charge is 0.367 e. The van der Waals surface area contributed by atoms with Crippen molar-refractivity contribution < 1.29 is 65.1 Å². The van der Waals surface area contributed by atoms with Crippen LogP contribution in [0.4, 0.5) is 26.2 Å². The number of thiophene rings is 3. The molecule has 9 heterocycles. The van der Waals surface area contributed by atoms with E-state index in [9.17, 15) is 24.6 Å². The Morgan fingerprint density at radius 1 is 0.554 bits per heavy atom. The summed E-state index contributed by atoms with van der Waals surface area (Å²) in [6.07, 6.45) is -25.9. The van der Waals surface area contributed by atoms with E-state index in [1.54, 1.807) is 13.0 Å². The van der Waals surface area contributed by atoms with E-state index in [2.05, 4.69) is 29.9 Å². The fourth-order valence-electron chi connectivity index (χ4n) is 6.98. The van der Waals surface area contributed by atoms with Gasteiger partial charge >= 0.3 is 0 Å². The standard InChI is InChI=1S/2C20H19ClFN5S.C20H20ClN5S/c2*1-12-6-13(7-14(9-23)18(12)22)10-27-4-2-15(3-5-27)26-19-16-8-17(21)28-20(16)25-11-24-19;1-13-2-3-14(8-15(13)10-22)11-26-6-4-16(5-7-26)25-19-17-9-18(21)27-20(17)24-12-23-19/h2*6-8,11,15H,2-5,10H2,1H3,(H,24,25,26);2-3,8-9,12,16H,4-7,11H2,1H3,(H,23,24,25)/i2D2,3D2,4D2,5D2,8D,10D2,11D,15D;2D2,3D2,4D2,5D2,8D,10D,11D,15D;4D2,5D2,6D2,7D2,9D,11D2,12D,16D/hD3. The average Bonchev–Trinajstić information content (AvgIpc) is 0.669. The van der Waals surface area contributed by atoms with Crippen LogP contribution >= 0.6 is 68.8 Å². The van der Waals surface area contributed by atoms with E-state index in [1.165, 1.54) is 19.1 Å². The molecule has 426 valence electrons. The predicted octanol–water partition coefficient (Wildman–Crippen LogP) is 14.1. The number of nitriles is 3. The summed E-state index contributed by atoms with van der Waals surface area (Å²) in [7, 11) is 0. The van der Waals surface area contributed by atoms with Gasteiger partial charge in [-0.1, -0.05) is 59.1 Å².